The maximum absolute atomic E-state index is 12.8. The Balaban J connectivity index is 1.69. The van der Waals surface area contributed by atoms with Crippen molar-refractivity contribution in [3.05, 3.63) is 84.9 Å². The topological polar surface area (TPSA) is 103 Å². The highest BCUT2D eigenvalue weighted by molar-refractivity contribution is 7.92. The standard InChI is InChI=1S/C24H24N2O6S/c1-4-15-32-19-9-5-17(6-10-19)24(27)25-18-7-12-21(13-8-18)33(28,29)26-22-14-11-20(30-2)16-23(22)31-3/h4-14,16,26H,1,15H2,2-3H3,(H,25,27). The summed E-state index contributed by atoms with van der Waals surface area (Å²) in [6.45, 7) is 3.96. The van der Waals surface area contributed by atoms with Crippen LogP contribution in [0.2, 0.25) is 0 Å². The van der Waals surface area contributed by atoms with Crippen LogP contribution in [0.4, 0.5) is 11.4 Å². The molecule has 0 saturated heterocycles. The molecule has 9 heteroatoms. The third-order valence-corrected chi connectivity index (χ3v) is 5.94. The summed E-state index contributed by atoms with van der Waals surface area (Å²) in [5.41, 5.74) is 1.16. The smallest absolute Gasteiger partial charge is 0.262 e. The van der Waals surface area contributed by atoms with Crippen molar-refractivity contribution in [2.75, 3.05) is 30.9 Å². The minimum atomic E-state index is -3.88. The molecule has 0 aliphatic heterocycles. The number of amides is 1. The number of benzene rings is 3. The predicted octanol–water partition coefficient (Wildman–Crippen LogP) is 4.32. The van der Waals surface area contributed by atoms with Crippen molar-refractivity contribution < 1.29 is 27.4 Å². The van der Waals surface area contributed by atoms with Crippen molar-refractivity contribution in [3.8, 4) is 17.2 Å². The number of anilines is 2. The number of hydrogen-bond donors (Lipinski definition) is 2. The van der Waals surface area contributed by atoms with Gasteiger partial charge in [-0.3, -0.25) is 9.52 Å². The van der Waals surface area contributed by atoms with E-state index in [1.807, 2.05) is 0 Å². The van der Waals surface area contributed by atoms with Gasteiger partial charge in [-0.15, -0.1) is 0 Å². The van der Waals surface area contributed by atoms with Gasteiger partial charge in [0.15, 0.2) is 0 Å². The van der Waals surface area contributed by atoms with E-state index in [1.54, 1.807) is 48.5 Å². The summed E-state index contributed by atoms with van der Waals surface area (Å²) in [5.74, 6) is 1.15. The Morgan fingerprint density at radius 2 is 1.61 bits per heavy atom. The van der Waals surface area contributed by atoms with E-state index in [-0.39, 0.29) is 16.5 Å². The highest BCUT2D eigenvalue weighted by Crippen LogP contribution is 2.31. The Labute approximate surface area is 192 Å². The number of rotatable bonds is 10. The summed E-state index contributed by atoms with van der Waals surface area (Å²) >= 11 is 0. The molecule has 8 nitrogen and oxygen atoms in total. The van der Waals surface area contributed by atoms with Gasteiger partial charge in [0.1, 0.15) is 23.9 Å². The van der Waals surface area contributed by atoms with Crippen LogP contribution >= 0.6 is 0 Å². The molecule has 0 unspecified atom stereocenters. The zero-order valence-electron chi connectivity index (χ0n) is 18.2. The van der Waals surface area contributed by atoms with Crippen molar-refractivity contribution >= 4 is 27.3 Å². The van der Waals surface area contributed by atoms with E-state index in [0.29, 0.717) is 35.1 Å². The first-order chi connectivity index (χ1) is 15.9. The monoisotopic (exact) mass is 468 g/mol. The lowest BCUT2D eigenvalue weighted by Gasteiger charge is -2.13. The Kier molecular flexibility index (Phi) is 7.57. The Morgan fingerprint density at radius 3 is 2.21 bits per heavy atom. The normalized spacial score (nSPS) is 10.7. The van der Waals surface area contributed by atoms with Crippen LogP contribution in [0.25, 0.3) is 0 Å². The van der Waals surface area contributed by atoms with Gasteiger partial charge in [-0.05, 0) is 60.7 Å². The molecule has 172 valence electrons. The number of carbonyl (C=O) groups excluding carboxylic acids is 1. The summed E-state index contributed by atoms with van der Waals surface area (Å²) in [7, 11) is -0.937. The summed E-state index contributed by atoms with van der Waals surface area (Å²) < 4.78 is 43.8. The van der Waals surface area contributed by atoms with Gasteiger partial charge in [-0.2, -0.15) is 0 Å². The lowest BCUT2D eigenvalue weighted by atomic mass is 10.2. The summed E-state index contributed by atoms with van der Waals surface area (Å²) in [5, 5.41) is 2.74. The maximum Gasteiger partial charge on any atom is 0.262 e. The van der Waals surface area contributed by atoms with Crippen LogP contribution in [0.1, 0.15) is 10.4 Å². The van der Waals surface area contributed by atoms with Crippen LogP contribution < -0.4 is 24.2 Å². The van der Waals surface area contributed by atoms with Crippen LogP contribution in [-0.2, 0) is 10.0 Å². The van der Waals surface area contributed by atoms with Gasteiger partial charge < -0.3 is 19.5 Å². The van der Waals surface area contributed by atoms with Crippen molar-refractivity contribution in [1.82, 2.24) is 0 Å². The van der Waals surface area contributed by atoms with Crippen LogP contribution in [0.3, 0.4) is 0 Å². The lowest BCUT2D eigenvalue weighted by molar-refractivity contribution is 0.102. The van der Waals surface area contributed by atoms with Crippen LogP contribution in [0.15, 0.2) is 84.3 Å². The number of sulfonamides is 1. The average Bonchev–Trinajstić information content (AvgIpc) is 2.83. The number of nitrogens with one attached hydrogen (secondary N) is 2. The lowest BCUT2D eigenvalue weighted by Crippen LogP contribution is -2.14. The highest BCUT2D eigenvalue weighted by Gasteiger charge is 2.17. The molecule has 3 rings (SSSR count). The first-order valence-corrected chi connectivity index (χ1v) is 11.3. The van der Waals surface area contributed by atoms with E-state index in [4.69, 9.17) is 14.2 Å². The van der Waals surface area contributed by atoms with Gasteiger partial charge in [0.2, 0.25) is 0 Å². The quantitative estimate of drug-likeness (QED) is 0.430. The molecule has 0 atom stereocenters. The molecule has 3 aromatic rings. The Morgan fingerprint density at radius 1 is 0.939 bits per heavy atom. The number of carbonyl (C=O) groups is 1. The molecule has 0 heterocycles. The van der Waals surface area contributed by atoms with Gasteiger partial charge in [-0.1, -0.05) is 12.7 Å². The average molecular weight is 469 g/mol. The fourth-order valence-electron chi connectivity index (χ4n) is 2.86. The van der Waals surface area contributed by atoms with E-state index < -0.39 is 10.0 Å². The fraction of sp³-hybridized carbons (Fsp3) is 0.125. The van der Waals surface area contributed by atoms with Gasteiger partial charge in [0, 0.05) is 17.3 Å². The van der Waals surface area contributed by atoms with Crippen molar-refractivity contribution in [3.63, 3.8) is 0 Å². The van der Waals surface area contributed by atoms with E-state index in [9.17, 15) is 13.2 Å². The number of hydrogen-bond acceptors (Lipinski definition) is 6. The predicted molar refractivity (Wildman–Crippen MR) is 127 cm³/mol. The summed E-state index contributed by atoms with van der Waals surface area (Å²) in [6, 6.07) is 17.2. The zero-order chi connectivity index (χ0) is 23.8. The van der Waals surface area contributed by atoms with Crippen LogP contribution in [0, 0.1) is 0 Å². The van der Waals surface area contributed by atoms with E-state index in [1.165, 1.54) is 38.5 Å². The summed E-state index contributed by atoms with van der Waals surface area (Å²) in [6.07, 6.45) is 1.63. The van der Waals surface area contributed by atoms with E-state index in [0.717, 1.165) is 0 Å². The van der Waals surface area contributed by atoms with Gasteiger partial charge >= 0.3 is 0 Å². The van der Waals surface area contributed by atoms with E-state index >= 15 is 0 Å². The molecule has 1 amide bonds. The minimum Gasteiger partial charge on any atom is -0.497 e. The maximum atomic E-state index is 12.8. The molecule has 2 N–H and O–H groups in total. The molecule has 0 aliphatic rings. The van der Waals surface area contributed by atoms with Crippen LogP contribution in [0.5, 0.6) is 17.2 Å². The van der Waals surface area contributed by atoms with Crippen molar-refractivity contribution in [2.45, 2.75) is 4.90 Å². The third kappa shape index (κ3) is 6.05. The minimum absolute atomic E-state index is 0.0297. The second kappa shape index (κ2) is 10.6. The third-order valence-electron chi connectivity index (χ3n) is 4.56. The highest BCUT2D eigenvalue weighted by atomic mass is 32.2. The molecule has 33 heavy (non-hydrogen) atoms. The second-order valence-corrected chi connectivity index (χ2v) is 8.46. The molecule has 0 radical (unpaired) electrons. The fourth-order valence-corrected chi connectivity index (χ4v) is 3.94. The van der Waals surface area contributed by atoms with Gasteiger partial charge in [0.05, 0.1) is 24.8 Å². The second-order valence-electron chi connectivity index (χ2n) is 6.77. The zero-order valence-corrected chi connectivity index (χ0v) is 19.0. The van der Waals surface area contributed by atoms with Crippen molar-refractivity contribution in [2.24, 2.45) is 0 Å². The SMILES string of the molecule is C=CCOc1ccc(C(=O)Nc2ccc(S(=O)(=O)Nc3ccc(OC)cc3OC)cc2)cc1. The molecule has 0 aromatic heterocycles. The molecule has 0 aliphatic carbocycles. The van der Waals surface area contributed by atoms with Gasteiger partial charge in [-0.25, -0.2) is 8.42 Å². The van der Waals surface area contributed by atoms with Gasteiger partial charge in [0.25, 0.3) is 15.9 Å². The van der Waals surface area contributed by atoms with E-state index in [2.05, 4.69) is 16.6 Å². The Bertz CT molecular complexity index is 1220. The molecule has 0 fully saturated rings. The largest absolute Gasteiger partial charge is 0.497 e. The first kappa shape index (κ1) is 23.7. The molecule has 3 aromatic carbocycles. The molecule has 0 saturated carbocycles. The van der Waals surface area contributed by atoms with Crippen LogP contribution in [-0.4, -0.2) is 35.2 Å². The molecular weight excluding hydrogens is 444 g/mol. The first-order valence-electron chi connectivity index (χ1n) is 9.86. The molecule has 0 bridgehead atoms. The molecular formula is C24H24N2O6S. The molecule has 0 spiro atoms. The summed E-state index contributed by atoms with van der Waals surface area (Å²) in [4.78, 5) is 12.5. The Hall–Kier alpha value is -3.98. The number of methoxy groups -OCH3 is 2. The van der Waals surface area contributed by atoms with Crippen molar-refractivity contribution in [1.29, 1.82) is 0 Å². The number of ether oxygens (including phenoxy) is 3.